The molecule has 0 saturated heterocycles. The quantitative estimate of drug-likeness (QED) is 0.548. The predicted octanol–water partition coefficient (Wildman–Crippen LogP) is 6.03. The molecular formula is C20H23Br2NO. The van der Waals surface area contributed by atoms with Crippen molar-refractivity contribution >= 4 is 31.9 Å². The van der Waals surface area contributed by atoms with Gasteiger partial charge in [0.05, 0.1) is 4.47 Å². The maximum absolute atomic E-state index is 6.39. The number of benzene rings is 2. The fourth-order valence-electron chi connectivity index (χ4n) is 3.43. The van der Waals surface area contributed by atoms with E-state index in [1.54, 1.807) is 0 Å². The van der Waals surface area contributed by atoms with Crippen LogP contribution in [0.1, 0.15) is 31.2 Å². The summed E-state index contributed by atoms with van der Waals surface area (Å²) in [6.07, 6.45) is 5.07. The third kappa shape index (κ3) is 4.41. The van der Waals surface area contributed by atoms with Crippen LogP contribution >= 0.6 is 31.9 Å². The van der Waals surface area contributed by atoms with Crippen LogP contribution in [0.25, 0.3) is 0 Å². The Labute approximate surface area is 161 Å². The zero-order valence-corrected chi connectivity index (χ0v) is 17.1. The predicted molar refractivity (Wildman–Crippen MR) is 106 cm³/mol. The molecular weight excluding hydrogens is 430 g/mol. The minimum Gasteiger partial charge on any atom is -0.488 e. The van der Waals surface area contributed by atoms with E-state index < -0.39 is 0 Å². The molecule has 0 N–H and O–H groups in total. The van der Waals surface area contributed by atoms with Crippen LogP contribution in [0, 0.1) is 0 Å². The number of likely N-dealkylation sites (N-methyl/N-ethyl adjacent to an activating group) is 1. The largest absolute Gasteiger partial charge is 0.488 e. The zero-order chi connectivity index (χ0) is 16.9. The highest BCUT2D eigenvalue weighted by Crippen LogP contribution is 2.31. The molecule has 1 aliphatic carbocycles. The van der Waals surface area contributed by atoms with Gasteiger partial charge in [0.25, 0.3) is 0 Å². The van der Waals surface area contributed by atoms with Gasteiger partial charge in [-0.3, -0.25) is 4.90 Å². The molecule has 0 amide bonds. The van der Waals surface area contributed by atoms with E-state index in [1.165, 1.54) is 29.3 Å². The fraction of sp³-hybridized carbons (Fsp3) is 0.400. The molecule has 128 valence electrons. The Balaban J connectivity index is 1.72. The summed E-state index contributed by atoms with van der Waals surface area (Å²) in [5.74, 6) is 0.948. The minimum atomic E-state index is 0.241. The van der Waals surface area contributed by atoms with Crippen LogP contribution in [0.3, 0.4) is 0 Å². The number of ether oxygens (including phenoxy) is 1. The molecule has 4 heteroatoms. The Kier molecular flexibility index (Phi) is 6.37. The molecule has 2 nitrogen and oxygen atoms in total. The van der Waals surface area contributed by atoms with Crippen LogP contribution in [0.2, 0.25) is 0 Å². The van der Waals surface area contributed by atoms with Crippen LogP contribution in [0.5, 0.6) is 5.75 Å². The van der Waals surface area contributed by atoms with Crippen molar-refractivity contribution in [3.63, 3.8) is 0 Å². The molecule has 0 heterocycles. The summed E-state index contributed by atoms with van der Waals surface area (Å²) in [4.78, 5) is 2.45. The summed E-state index contributed by atoms with van der Waals surface area (Å²) in [5, 5.41) is 0. The van der Waals surface area contributed by atoms with Crippen LogP contribution in [0.15, 0.2) is 57.5 Å². The molecule has 24 heavy (non-hydrogen) atoms. The van der Waals surface area contributed by atoms with Gasteiger partial charge in [0.2, 0.25) is 0 Å². The lowest BCUT2D eigenvalue weighted by Crippen LogP contribution is -2.45. The first-order valence-corrected chi connectivity index (χ1v) is 10.1. The van der Waals surface area contributed by atoms with E-state index in [4.69, 9.17) is 4.74 Å². The zero-order valence-electron chi connectivity index (χ0n) is 13.9. The van der Waals surface area contributed by atoms with E-state index in [1.807, 2.05) is 24.3 Å². The second-order valence-corrected chi connectivity index (χ2v) is 8.15. The van der Waals surface area contributed by atoms with Gasteiger partial charge in [0.15, 0.2) is 0 Å². The molecule has 2 aromatic rings. The van der Waals surface area contributed by atoms with E-state index in [0.717, 1.165) is 23.2 Å². The SMILES string of the molecule is CN(Cc1ccccc1Br)[C@H]1CCCC[C@@H]1Oc1ccccc1Br. The highest BCUT2D eigenvalue weighted by atomic mass is 79.9. The van der Waals surface area contributed by atoms with Gasteiger partial charge in [-0.2, -0.15) is 0 Å². The molecule has 1 saturated carbocycles. The maximum Gasteiger partial charge on any atom is 0.133 e. The first-order valence-electron chi connectivity index (χ1n) is 8.50. The Morgan fingerprint density at radius 3 is 2.38 bits per heavy atom. The van der Waals surface area contributed by atoms with Crippen molar-refractivity contribution in [1.29, 1.82) is 0 Å². The van der Waals surface area contributed by atoms with Gasteiger partial charge in [-0.05, 0) is 66.0 Å². The van der Waals surface area contributed by atoms with E-state index in [2.05, 4.69) is 68.1 Å². The van der Waals surface area contributed by atoms with Crippen molar-refractivity contribution < 1.29 is 4.74 Å². The number of nitrogens with zero attached hydrogens (tertiary/aromatic N) is 1. The van der Waals surface area contributed by atoms with Gasteiger partial charge < -0.3 is 4.74 Å². The molecule has 0 spiro atoms. The molecule has 1 fully saturated rings. The molecule has 0 aromatic heterocycles. The normalized spacial score (nSPS) is 21.0. The van der Waals surface area contributed by atoms with Crippen LogP contribution in [-0.2, 0) is 6.54 Å². The highest BCUT2D eigenvalue weighted by molar-refractivity contribution is 9.10. The van der Waals surface area contributed by atoms with Crippen LogP contribution in [0.4, 0.5) is 0 Å². The van der Waals surface area contributed by atoms with E-state index >= 15 is 0 Å². The Bertz CT molecular complexity index is 676. The third-order valence-corrected chi connectivity index (χ3v) is 6.16. The first kappa shape index (κ1) is 18.0. The van der Waals surface area contributed by atoms with Gasteiger partial charge in [0, 0.05) is 17.1 Å². The average Bonchev–Trinajstić information content (AvgIpc) is 2.59. The minimum absolute atomic E-state index is 0.241. The van der Waals surface area contributed by atoms with E-state index in [9.17, 15) is 0 Å². The van der Waals surface area contributed by atoms with Gasteiger partial charge in [-0.1, -0.05) is 52.7 Å². The number of hydrogen-bond donors (Lipinski definition) is 0. The van der Waals surface area contributed by atoms with Crippen molar-refractivity contribution in [1.82, 2.24) is 4.90 Å². The summed E-state index contributed by atoms with van der Waals surface area (Å²) in [6.45, 7) is 0.932. The van der Waals surface area contributed by atoms with Crippen molar-refractivity contribution in [2.75, 3.05) is 7.05 Å². The summed E-state index contributed by atoms with van der Waals surface area (Å²) < 4.78 is 8.59. The van der Waals surface area contributed by atoms with Gasteiger partial charge in [-0.25, -0.2) is 0 Å². The third-order valence-electron chi connectivity index (χ3n) is 4.73. The second kappa shape index (κ2) is 8.50. The van der Waals surface area contributed by atoms with Crippen molar-refractivity contribution in [3.8, 4) is 5.75 Å². The number of hydrogen-bond acceptors (Lipinski definition) is 2. The van der Waals surface area contributed by atoms with Crippen molar-refractivity contribution in [2.24, 2.45) is 0 Å². The molecule has 0 aliphatic heterocycles. The number of para-hydroxylation sites is 1. The van der Waals surface area contributed by atoms with Gasteiger partial charge in [0.1, 0.15) is 11.9 Å². The summed E-state index contributed by atoms with van der Waals surface area (Å²) in [7, 11) is 2.21. The lowest BCUT2D eigenvalue weighted by Gasteiger charge is -2.38. The summed E-state index contributed by atoms with van der Waals surface area (Å²) in [5.41, 5.74) is 1.32. The standard InChI is InChI=1S/C20H23Br2NO/c1-23(14-15-8-2-3-9-16(15)21)18-11-5-7-13-20(18)24-19-12-6-4-10-17(19)22/h2-4,6,8-10,12,18,20H,5,7,11,13-14H2,1H3/t18-,20-/m0/s1. The lowest BCUT2D eigenvalue weighted by molar-refractivity contribution is 0.0454. The summed E-state index contributed by atoms with van der Waals surface area (Å²) >= 11 is 7.26. The topological polar surface area (TPSA) is 12.5 Å². The van der Waals surface area contributed by atoms with Gasteiger partial charge in [-0.15, -0.1) is 0 Å². The van der Waals surface area contributed by atoms with Crippen molar-refractivity contribution in [2.45, 2.75) is 44.4 Å². The number of rotatable bonds is 5. The fourth-order valence-corrected chi connectivity index (χ4v) is 4.22. The molecule has 3 rings (SSSR count). The van der Waals surface area contributed by atoms with E-state index in [-0.39, 0.29) is 6.10 Å². The smallest absolute Gasteiger partial charge is 0.133 e. The summed E-state index contributed by atoms with van der Waals surface area (Å²) in [6, 6.07) is 17.0. The van der Waals surface area contributed by atoms with Gasteiger partial charge >= 0.3 is 0 Å². The number of halogens is 2. The van der Waals surface area contributed by atoms with Crippen LogP contribution < -0.4 is 4.74 Å². The molecule has 0 radical (unpaired) electrons. The Morgan fingerprint density at radius 2 is 1.62 bits per heavy atom. The van der Waals surface area contributed by atoms with Crippen LogP contribution in [-0.4, -0.2) is 24.1 Å². The first-order chi connectivity index (χ1) is 11.6. The average molecular weight is 453 g/mol. The molecule has 2 aromatic carbocycles. The molecule has 0 unspecified atom stereocenters. The highest BCUT2D eigenvalue weighted by Gasteiger charge is 2.30. The molecule has 1 aliphatic rings. The second-order valence-electron chi connectivity index (χ2n) is 6.45. The Hall–Kier alpha value is -0.840. The monoisotopic (exact) mass is 451 g/mol. The Morgan fingerprint density at radius 1 is 0.958 bits per heavy atom. The maximum atomic E-state index is 6.39. The van der Waals surface area contributed by atoms with E-state index in [0.29, 0.717) is 6.04 Å². The lowest BCUT2D eigenvalue weighted by atomic mass is 9.91. The van der Waals surface area contributed by atoms with Crippen molar-refractivity contribution in [3.05, 3.63) is 63.0 Å². The molecule has 0 bridgehead atoms. The molecule has 2 atom stereocenters.